The van der Waals surface area contributed by atoms with Crippen LogP contribution < -0.4 is 42.8 Å². The molecule has 0 aromatic heterocycles. The van der Waals surface area contributed by atoms with Gasteiger partial charge >= 0.3 is 0 Å². The van der Waals surface area contributed by atoms with Crippen LogP contribution in [-0.2, 0) is 45.3 Å². The van der Waals surface area contributed by atoms with Crippen LogP contribution in [0.2, 0.25) is 0 Å². The number of nitrogens with one attached hydrogen (secondary N) is 5. The molecule has 0 bridgehead atoms. The van der Waals surface area contributed by atoms with Gasteiger partial charge in [0.05, 0.1) is 23.7 Å². The number of nitrogens with two attached hydrogens (primary N) is 2. The van der Waals surface area contributed by atoms with E-state index >= 15 is 0 Å². The number of amides is 7. The molecular weight excluding hydrogens is 1070 g/mol. The van der Waals surface area contributed by atoms with Gasteiger partial charge in [-0.25, -0.2) is 0 Å². The van der Waals surface area contributed by atoms with Crippen molar-refractivity contribution in [1.29, 1.82) is 0 Å². The second kappa shape index (κ2) is 29.0. The van der Waals surface area contributed by atoms with Crippen LogP contribution >= 0.6 is 0 Å². The predicted molar refractivity (Wildman–Crippen MR) is 300 cm³/mol. The number of fused-ring (bicyclic) bond motifs is 3. The van der Waals surface area contributed by atoms with Gasteiger partial charge in [-0.3, -0.25) is 38.1 Å². The fourth-order valence-electron chi connectivity index (χ4n) is 9.90. The number of carbonyl (C=O) groups is 7. The van der Waals surface area contributed by atoms with Crippen LogP contribution in [0.5, 0.6) is 11.5 Å². The maximum absolute atomic E-state index is 14.4. The Morgan fingerprint density at radius 1 is 0.741 bits per heavy atom. The summed E-state index contributed by atoms with van der Waals surface area (Å²) in [6.45, 7) is 6.93. The number of phenolic OH excluding ortho intramolecular Hbond substituents is 1. The first kappa shape index (κ1) is 63.0. The molecular formula is C57H77N9O14S. The number of aliphatic hydroxyl groups is 2. The molecule has 440 valence electrons. The van der Waals surface area contributed by atoms with Crippen LogP contribution in [0.3, 0.4) is 0 Å². The lowest BCUT2D eigenvalue weighted by Gasteiger charge is -2.32. The maximum atomic E-state index is 14.4. The normalized spacial score (nSPS) is 24.2. The monoisotopic (exact) mass is 1140 g/mol. The number of rotatable bonds is 14. The summed E-state index contributed by atoms with van der Waals surface area (Å²) in [4.78, 5) is 101. The molecule has 3 fully saturated rings. The van der Waals surface area contributed by atoms with E-state index in [9.17, 15) is 57.3 Å². The van der Waals surface area contributed by atoms with Crippen LogP contribution in [0.4, 0.5) is 0 Å². The van der Waals surface area contributed by atoms with Gasteiger partial charge in [0.2, 0.25) is 35.4 Å². The molecule has 24 heteroatoms. The number of benzene rings is 4. The van der Waals surface area contributed by atoms with Gasteiger partial charge in [0, 0.05) is 37.3 Å². The zero-order valence-corrected chi connectivity index (χ0v) is 46.9. The van der Waals surface area contributed by atoms with E-state index in [-0.39, 0.29) is 74.4 Å². The van der Waals surface area contributed by atoms with E-state index in [1.165, 1.54) is 43.0 Å². The molecule has 7 rings (SSSR count). The minimum atomic E-state index is -4.02. The second-order valence-electron chi connectivity index (χ2n) is 21.1. The topological polar surface area (TPSA) is 362 Å². The summed E-state index contributed by atoms with van der Waals surface area (Å²) < 4.78 is 35.5. The van der Waals surface area contributed by atoms with E-state index in [1.807, 2.05) is 25.1 Å². The van der Waals surface area contributed by atoms with E-state index < -0.39 is 112 Å². The van der Waals surface area contributed by atoms with Gasteiger partial charge in [-0.2, -0.15) is 8.42 Å². The Labute approximate surface area is 471 Å². The predicted octanol–water partition coefficient (Wildman–Crippen LogP) is 1.46. The maximum Gasteiger partial charge on any atom is 0.294 e. The number of aromatic hydroxyl groups is 1. The number of hydrogen-bond donors (Lipinski definition) is 11. The van der Waals surface area contributed by atoms with E-state index in [4.69, 9.17) is 20.8 Å². The van der Waals surface area contributed by atoms with E-state index in [1.54, 1.807) is 42.5 Å². The van der Waals surface area contributed by atoms with Gasteiger partial charge in [0.15, 0.2) is 0 Å². The molecule has 81 heavy (non-hydrogen) atoms. The molecule has 4 aromatic carbocycles. The number of aryl methyl sites for hydroxylation is 2. The third-order valence-electron chi connectivity index (χ3n) is 14.5. The lowest BCUT2D eigenvalue weighted by atomic mass is 10.0. The Hall–Kier alpha value is -7.22. The van der Waals surface area contributed by atoms with Crippen LogP contribution in [0.25, 0.3) is 10.8 Å². The zero-order chi connectivity index (χ0) is 59.1. The van der Waals surface area contributed by atoms with Gasteiger partial charge in [-0.05, 0) is 131 Å². The smallest absolute Gasteiger partial charge is 0.294 e. The Morgan fingerprint density at radius 3 is 1.91 bits per heavy atom. The molecule has 3 aliphatic heterocycles. The molecule has 10 atom stereocenters. The third-order valence-corrected chi connectivity index (χ3v) is 15.3. The van der Waals surface area contributed by atoms with Crippen molar-refractivity contribution in [2.24, 2.45) is 11.5 Å². The molecule has 3 heterocycles. The molecule has 13 N–H and O–H groups in total. The average molecular weight is 1140 g/mol. The molecule has 4 aromatic rings. The Kier molecular flexibility index (Phi) is 22.5. The van der Waals surface area contributed by atoms with Crippen molar-refractivity contribution < 1.29 is 66.6 Å². The first-order chi connectivity index (χ1) is 38.4. The fraction of sp³-hybridized carbons (Fsp3) is 0.491. The first-order valence-corrected chi connectivity index (χ1v) is 28.8. The first-order valence-electron chi connectivity index (χ1n) is 27.4. The van der Waals surface area contributed by atoms with Crippen LogP contribution in [-0.4, -0.2) is 166 Å². The Morgan fingerprint density at radius 2 is 1.32 bits per heavy atom. The number of phenols is 1. The molecule has 0 spiro atoms. The van der Waals surface area contributed by atoms with Crippen molar-refractivity contribution in [3.05, 3.63) is 102 Å². The molecule has 0 unspecified atom stereocenters. The lowest BCUT2D eigenvalue weighted by Crippen LogP contribution is -2.61. The highest BCUT2D eigenvalue weighted by Gasteiger charge is 2.45. The number of aliphatic hydroxyl groups excluding tert-OH is 2. The van der Waals surface area contributed by atoms with Crippen molar-refractivity contribution in [3.8, 4) is 11.5 Å². The van der Waals surface area contributed by atoms with Gasteiger partial charge in [-0.15, -0.1) is 0 Å². The van der Waals surface area contributed by atoms with Crippen LogP contribution in [0.1, 0.15) is 100 Å². The zero-order valence-electron chi connectivity index (χ0n) is 46.1. The molecule has 3 saturated heterocycles. The molecule has 7 amide bonds. The molecule has 0 radical (unpaired) electrons. The molecule has 0 saturated carbocycles. The minimum Gasteiger partial charge on any atom is -0.508 e. The highest BCUT2D eigenvalue weighted by molar-refractivity contribution is 7.85. The summed E-state index contributed by atoms with van der Waals surface area (Å²) in [7, 11) is -4.02. The van der Waals surface area contributed by atoms with Crippen molar-refractivity contribution >= 4 is 62.2 Å². The molecule has 0 aliphatic carbocycles. The fourth-order valence-corrected chi connectivity index (χ4v) is 10.4. The molecule has 3 aliphatic rings. The summed E-state index contributed by atoms with van der Waals surface area (Å²) in [5, 5.41) is 46.8. The largest absolute Gasteiger partial charge is 0.508 e. The highest BCUT2D eigenvalue weighted by Crippen LogP contribution is 2.25. The molecule has 23 nitrogen and oxygen atoms in total. The van der Waals surface area contributed by atoms with Crippen molar-refractivity contribution in [2.45, 2.75) is 157 Å². The van der Waals surface area contributed by atoms with Gasteiger partial charge < -0.3 is 67.9 Å². The van der Waals surface area contributed by atoms with Crippen molar-refractivity contribution in [3.63, 3.8) is 0 Å². The number of nitrogens with zero attached hydrogens (tertiary/aromatic N) is 2. The third kappa shape index (κ3) is 17.6. The van der Waals surface area contributed by atoms with E-state index in [0.717, 1.165) is 46.9 Å². The van der Waals surface area contributed by atoms with Crippen LogP contribution in [0, 0.1) is 6.92 Å². The summed E-state index contributed by atoms with van der Waals surface area (Å²) in [5.41, 5.74) is 14.5. The number of ether oxygens (including phenoxy) is 1. The quantitative estimate of drug-likeness (QED) is 0.0629. The van der Waals surface area contributed by atoms with Gasteiger partial charge in [0.25, 0.3) is 16.0 Å². The Bertz CT molecular complexity index is 2960. The highest BCUT2D eigenvalue weighted by atomic mass is 32.2. The minimum absolute atomic E-state index is 0.0170. The summed E-state index contributed by atoms with van der Waals surface area (Å²) >= 11 is 0. The second-order valence-corrected chi connectivity index (χ2v) is 22.5. The summed E-state index contributed by atoms with van der Waals surface area (Å²) in [5.74, 6) is -4.57. The van der Waals surface area contributed by atoms with Crippen molar-refractivity contribution in [1.82, 2.24) is 36.4 Å². The summed E-state index contributed by atoms with van der Waals surface area (Å²) in [6.07, 6.45) is 1.55. The number of hydrogen-bond acceptors (Lipinski definition) is 15. The standard InChI is InChI=1S/C50H69N9O11.C7H8O3S/c1-4-5-6-7-21-70-37-18-15-31-22-33(14-13-32(31)23-37)44(63)54-38-9-8-20-53-47(66)40-24-34(51)26-58(40)49(68)42(28(2)60)57-46(65)39(19-12-30-10-16-36(62)17-11-30)55-48(67)41-25-35(52)27-59(41)50(69)43(29(3)61)56-45(38)64;1-6-2-4-7(5-3-6)11(8,9)10/h10-11,13-18,22-23,28-29,34-35,38-43,60-62H,4-9,12,19-21,24-27,51-52H2,1-3H3,(H,53,66)(H,54,63)(H,55,67)(H,56,64)(H,57,65);2-5H,1H3,(H,8,9,10)/t28-,29+,34-,35-,38-,39-,40-,41-,42-,43-;/m0./s1. The number of carbonyl (C=O) groups excluding carboxylic acids is 7. The van der Waals surface area contributed by atoms with E-state index in [0.29, 0.717) is 17.9 Å². The van der Waals surface area contributed by atoms with Crippen LogP contribution in [0.15, 0.2) is 89.8 Å². The lowest BCUT2D eigenvalue weighted by molar-refractivity contribution is -0.145. The van der Waals surface area contributed by atoms with E-state index in [2.05, 4.69) is 33.5 Å². The average Bonchev–Trinajstić information content (AvgIpc) is 4.22. The number of unbranched alkanes of at least 4 members (excludes halogenated alkanes) is 3. The Balaban J connectivity index is 0.000000857. The van der Waals surface area contributed by atoms with Gasteiger partial charge in [-0.1, -0.05) is 68.1 Å². The SMILES string of the molecule is CCCCCCOc1ccc2cc(C(=O)N[C@H]3CCCNC(=O)[C@@H]4C[C@H](N)CN4C(=O)[C@H]([C@H](C)O)NC(=O)[C@H](CCc4ccc(O)cc4)NC(=O)[C@@H]4C[C@H](N)CN4C(=O)[C@H]([C@@H](C)O)NC3=O)ccc2c1.Cc1ccc(S(=O)(=O)O)cc1. The van der Waals surface area contributed by atoms with Gasteiger partial charge in [0.1, 0.15) is 47.8 Å². The summed E-state index contributed by atoms with van der Waals surface area (Å²) in [6, 6.07) is 13.3. The van der Waals surface area contributed by atoms with Crippen molar-refractivity contribution in [2.75, 3.05) is 26.2 Å².